The molecule has 3 N–H and O–H groups in total. The van der Waals surface area contributed by atoms with Gasteiger partial charge in [-0.15, -0.1) is 0 Å². The van der Waals surface area contributed by atoms with Gasteiger partial charge in [-0.25, -0.2) is 13.1 Å². The molecule has 0 saturated heterocycles. The summed E-state index contributed by atoms with van der Waals surface area (Å²) in [5.41, 5.74) is 0.359. The number of benzene rings is 1. The van der Waals surface area contributed by atoms with Gasteiger partial charge >= 0.3 is 5.97 Å². The summed E-state index contributed by atoms with van der Waals surface area (Å²) in [6.07, 6.45) is 0.547. The smallest absolute Gasteiger partial charge is 0.303 e. The molecule has 0 aliphatic heterocycles. The molecule has 112 valence electrons. The maximum Gasteiger partial charge on any atom is 0.303 e. The number of rotatable bonds is 7. The zero-order chi connectivity index (χ0) is 15.4. The first kappa shape index (κ1) is 16.5. The van der Waals surface area contributed by atoms with Crippen molar-refractivity contribution in [1.82, 2.24) is 4.72 Å². The first-order valence-corrected chi connectivity index (χ1v) is 7.68. The molecular formula is C13H20N2O4S. The summed E-state index contributed by atoms with van der Waals surface area (Å²) >= 11 is 0. The Bertz CT molecular complexity index is 565. The van der Waals surface area contributed by atoms with Crippen LogP contribution in [-0.2, 0) is 14.8 Å². The lowest BCUT2D eigenvalue weighted by molar-refractivity contribution is -0.137. The van der Waals surface area contributed by atoms with E-state index in [0.717, 1.165) is 5.69 Å². The second-order valence-electron chi connectivity index (χ2n) is 5.13. The highest BCUT2D eigenvalue weighted by Gasteiger charge is 2.19. The maximum atomic E-state index is 11.6. The number of hydrogen-bond donors (Lipinski definition) is 3. The van der Waals surface area contributed by atoms with Crippen molar-refractivity contribution in [3.8, 4) is 0 Å². The quantitative estimate of drug-likeness (QED) is 0.711. The monoisotopic (exact) mass is 300 g/mol. The van der Waals surface area contributed by atoms with Crippen LogP contribution in [0.5, 0.6) is 0 Å². The van der Waals surface area contributed by atoms with Gasteiger partial charge in [0.15, 0.2) is 0 Å². The van der Waals surface area contributed by atoms with E-state index in [1.54, 1.807) is 12.1 Å². The highest BCUT2D eigenvalue weighted by atomic mass is 32.2. The van der Waals surface area contributed by atoms with E-state index >= 15 is 0 Å². The molecule has 0 fully saturated rings. The second kappa shape index (κ2) is 6.23. The average molecular weight is 300 g/mol. The van der Waals surface area contributed by atoms with Crippen LogP contribution in [0.3, 0.4) is 0 Å². The molecule has 1 rings (SSSR count). The van der Waals surface area contributed by atoms with Gasteiger partial charge in [0.2, 0.25) is 10.0 Å². The second-order valence-corrected chi connectivity index (χ2v) is 7.02. The Morgan fingerprint density at radius 1 is 1.25 bits per heavy atom. The van der Waals surface area contributed by atoms with Crippen LogP contribution in [0.2, 0.25) is 0 Å². The number of carbonyl (C=O) groups is 1. The molecule has 0 aliphatic carbocycles. The molecule has 0 aliphatic rings. The summed E-state index contributed by atoms with van der Waals surface area (Å²) in [5, 5.41) is 11.9. The predicted molar refractivity (Wildman–Crippen MR) is 77.3 cm³/mol. The van der Waals surface area contributed by atoms with E-state index in [1.165, 1.54) is 19.2 Å². The van der Waals surface area contributed by atoms with Crippen LogP contribution in [0.15, 0.2) is 29.2 Å². The highest BCUT2D eigenvalue weighted by molar-refractivity contribution is 7.89. The fraction of sp³-hybridized carbons (Fsp3) is 0.462. The van der Waals surface area contributed by atoms with Crippen molar-refractivity contribution in [2.75, 3.05) is 12.4 Å². The van der Waals surface area contributed by atoms with E-state index in [0.29, 0.717) is 6.42 Å². The molecule has 0 bridgehead atoms. The first-order valence-electron chi connectivity index (χ1n) is 6.20. The van der Waals surface area contributed by atoms with Crippen molar-refractivity contribution >= 4 is 21.7 Å². The summed E-state index contributed by atoms with van der Waals surface area (Å²) in [5.74, 6) is -0.838. The lowest BCUT2D eigenvalue weighted by atomic mass is 9.98. The van der Waals surface area contributed by atoms with Gasteiger partial charge in [0, 0.05) is 17.6 Å². The van der Waals surface area contributed by atoms with Gasteiger partial charge in [-0.05, 0) is 51.6 Å². The number of anilines is 1. The van der Waals surface area contributed by atoms with Crippen LogP contribution < -0.4 is 10.0 Å². The molecule has 0 unspecified atom stereocenters. The molecule has 0 heterocycles. The summed E-state index contributed by atoms with van der Waals surface area (Å²) in [6, 6.07) is 6.32. The van der Waals surface area contributed by atoms with Crippen molar-refractivity contribution in [3.63, 3.8) is 0 Å². The standard InChI is InChI=1S/C13H20N2O4S/c1-13(2,9-8-12(16)17)15-10-4-6-11(7-5-10)20(18,19)14-3/h4-7,14-15H,8-9H2,1-3H3,(H,16,17). The van der Waals surface area contributed by atoms with E-state index < -0.39 is 16.0 Å². The molecule has 6 nitrogen and oxygen atoms in total. The Balaban J connectivity index is 2.77. The third kappa shape index (κ3) is 4.82. The summed E-state index contributed by atoms with van der Waals surface area (Å²) in [4.78, 5) is 10.8. The van der Waals surface area contributed by atoms with Crippen LogP contribution in [0.25, 0.3) is 0 Å². The molecule has 20 heavy (non-hydrogen) atoms. The van der Waals surface area contributed by atoms with Gasteiger partial charge in [-0.3, -0.25) is 4.79 Å². The molecule has 1 aromatic rings. The normalized spacial score (nSPS) is 12.2. The first-order chi connectivity index (χ1) is 9.16. The van der Waals surface area contributed by atoms with Crippen LogP contribution in [0.1, 0.15) is 26.7 Å². The van der Waals surface area contributed by atoms with Gasteiger partial charge in [-0.1, -0.05) is 0 Å². The SMILES string of the molecule is CNS(=O)(=O)c1ccc(NC(C)(C)CCC(=O)O)cc1. The van der Waals surface area contributed by atoms with E-state index in [2.05, 4.69) is 10.0 Å². The number of sulfonamides is 1. The largest absolute Gasteiger partial charge is 0.481 e. The highest BCUT2D eigenvalue weighted by Crippen LogP contribution is 2.21. The lowest BCUT2D eigenvalue weighted by Crippen LogP contribution is -2.31. The summed E-state index contributed by atoms with van der Waals surface area (Å²) < 4.78 is 25.4. The minimum Gasteiger partial charge on any atom is -0.481 e. The minimum absolute atomic E-state index is 0.0756. The number of nitrogens with one attached hydrogen (secondary N) is 2. The Labute approximate surface area is 119 Å². The molecule has 0 saturated carbocycles. The van der Waals surface area contributed by atoms with Crippen LogP contribution in [-0.4, -0.2) is 32.1 Å². The molecule has 0 amide bonds. The van der Waals surface area contributed by atoms with Crippen molar-refractivity contribution in [1.29, 1.82) is 0 Å². The van der Waals surface area contributed by atoms with Crippen molar-refractivity contribution in [3.05, 3.63) is 24.3 Å². The van der Waals surface area contributed by atoms with Crippen LogP contribution in [0, 0.1) is 0 Å². The van der Waals surface area contributed by atoms with Crippen LogP contribution >= 0.6 is 0 Å². The topological polar surface area (TPSA) is 95.5 Å². The molecular weight excluding hydrogens is 280 g/mol. The van der Waals surface area contributed by atoms with Crippen molar-refractivity contribution in [2.24, 2.45) is 0 Å². The van der Waals surface area contributed by atoms with Crippen LogP contribution in [0.4, 0.5) is 5.69 Å². The third-order valence-corrected chi connectivity index (χ3v) is 4.31. The Kier molecular flexibility index (Phi) is 5.13. The minimum atomic E-state index is -3.44. The molecule has 0 spiro atoms. The van der Waals surface area contributed by atoms with Crippen molar-refractivity contribution < 1.29 is 18.3 Å². The number of carboxylic acid groups (broad SMARTS) is 1. The maximum absolute atomic E-state index is 11.6. The lowest BCUT2D eigenvalue weighted by Gasteiger charge is -2.27. The van der Waals surface area contributed by atoms with Gasteiger partial charge < -0.3 is 10.4 Å². The van der Waals surface area contributed by atoms with E-state index in [-0.39, 0.29) is 16.9 Å². The summed E-state index contributed by atoms with van der Waals surface area (Å²) in [7, 11) is -2.08. The molecule has 0 radical (unpaired) electrons. The Morgan fingerprint density at radius 2 is 1.80 bits per heavy atom. The zero-order valence-electron chi connectivity index (χ0n) is 11.8. The average Bonchev–Trinajstić information content (AvgIpc) is 2.37. The number of hydrogen-bond acceptors (Lipinski definition) is 4. The van der Waals surface area contributed by atoms with Gasteiger partial charge in [0.05, 0.1) is 4.90 Å². The number of carboxylic acids is 1. The Morgan fingerprint density at radius 3 is 2.25 bits per heavy atom. The zero-order valence-corrected chi connectivity index (χ0v) is 12.6. The molecule has 7 heteroatoms. The number of aliphatic carboxylic acids is 1. The molecule has 0 atom stereocenters. The predicted octanol–water partition coefficient (Wildman–Crippen LogP) is 1.65. The fourth-order valence-corrected chi connectivity index (χ4v) is 2.44. The molecule has 1 aromatic carbocycles. The Hall–Kier alpha value is -1.60. The van der Waals surface area contributed by atoms with E-state index in [9.17, 15) is 13.2 Å². The fourth-order valence-electron chi connectivity index (χ4n) is 1.71. The van der Waals surface area contributed by atoms with E-state index in [4.69, 9.17) is 5.11 Å². The summed E-state index contributed by atoms with van der Waals surface area (Å²) in [6.45, 7) is 3.79. The molecule has 0 aromatic heterocycles. The van der Waals surface area contributed by atoms with Gasteiger partial charge in [0.1, 0.15) is 0 Å². The van der Waals surface area contributed by atoms with Crippen molar-refractivity contribution in [2.45, 2.75) is 37.1 Å². The van der Waals surface area contributed by atoms with Gasteiger partial charge in [-0.2, -0.15) is 0 Å². The van der Waals surface area contributed by atoms with E-state index in [1.807, 2.05) is 13.8 Å². The third-order valence-electron chi connectivity index (χ3n) is 2.88. The van der Waals surface area contributed by atoms with Gasteiger partial charge in [0.25, 0.3) is 0 Å².